The smallest absolute Gasteiger partial charge is 0.306 e. The third-order valence-corrected chi connectivity index (χ3v) is 4.75. The standard InChI is InChI=1S/C18H16N2O4S/c21-18(24-12-13-8-10-14(11-9-13)20(22)23)7-3-6-17-19-15-4-1-2-5-16(15)25-17/h1-2,4-5,8-11H,3,6-7,12H2. The number of thiazole rings is 1. The van der Waals surface area contributed by atoms with Crippen LogP contribution in [0.1, 0.15) is 23.4 Å². The summed E-state index contributed by atoms with van der Waals surface area (Å²) in [5, 5.41) is 11.6. The summed E-state index contributed by atoms with van der Waals surface area (Å²) >= 11 is 1.64. The van der Waals surface area contributed by atoms with E-state index in [2.05, 4.69) is 4.98 Å². The van der Waals surface area contributed by atoms with Crippen molar-refractivity contribution in [1.29, 1.82) is 0 Å². The van der Waals surface area contributed by atoms with Crippen LogP contribution in [-0.2, 0) is 22.6 Å². The Hall–Kier alpha value is -2.80. The van der Waals surface area contributed by atoms with Crippen molar-refractivity contribution in [3.8, 4) is 0 Å². The molecule has 1 heterocycles. The molecule has 0 atom stereocenters. The highest BCUT2D eigenvalue weighted by molar-refractivity contribution is 7.18. The van der Waals surface area contributed by atoms with Crippen LogP contribution in [0.3, 0.4) is 0 Å². The first-order valence-electron chi connectivity index (χ1n) is 7.85. The number of nitrogens with zero attached hydrogens (tertiary/aromatic N) is 2. The first kappa shape index (κ1) is 17.0. The van der Waals surface area contributed by atoms with Gasteiger partial charge in [0.25, 0.3) is 5.69 Å². The van der Waals surface area contributed by atoms with E-state index < -0.39 is 4.92 Å². The summed E-state index contributed by atoms with van der Waals surface area (Å²) in [6, 6.07) is 13.9. The van der Waals surface area contributed by atoms with Crippen LogP contribution in [-0.4, -0.2) is 15.9 Å². The van der Waals surface area contributed by atoms with Gasteiger partial charge in [-0.1, -0.05) is 12.1 Å². The Bertz CT molecular complexity index is 856. The number of non-ortho nitro benzene ring substituents is 1. The van der Waals surface area contributed by atoms with E-state index in [1.165, 1.54) is 12.1 Å². The third kappa shape index (κ3) is 4.60. The van der Waals surface area contributed by atoms with Crippen LogP contribution in [0.2, 0.25) is 0 Å². The molecule has 0 aliphatic heterocycles. The van der Waals surface area contributed by atoms with Gasteiger partial charge in [-0.15, -0.1) is 11.3 Å². The molecule has 0 saturated heterocycles. The molecule has 0 fully saturated rings. The van der Waals surface area contributed by atoms with Gasteiger partial charge in [0.2, 0.25) is 0 Å². The highest BCUT2D eigenvalue weighted by Crippen LogP contribution is 2.22. The minimum Gasteiger partial charge on any atom is -0.461 e. The summed E-state index contributed by atoms with van der Waals surface area (Å²) in [6.45, 7) is 0.123. The second-order valence-corrected chi connectivity index (χ2v) is 6.63. The van der Waals surface area contributed by atoms with E-state index in [0.29, 0.717) is 12.8 Å². The number of carbonyl (C=O) groups excluding carboxylic acids is 1. The molecule has 1 aromatic heterocycles. The molecule has 0 unspecified atom stereocenters. The van der Waals surface area contributed by atoms with Crippen molar-refractivity contribution in [3.05, 3.63) is 69.2 Å². The number of benzene rings is 2. The lowest BCUT2D eigenvalue weighted by Crippen LogP contribution is -2.05. The summed E-state index contributed by atoms with van der Waals surface area (Å²) in [7, 11) is 0. The number of fused-ring (bicyclic) bond motifs is 1. The van der Waals surface area contributed by atoms with Crippen molar-refractivity contribution in [3.63, 3.8) is 0 Å². The number of aryl methyl sites for hydroxylation is 1. The highest BCUT2D eigenvalue weighted by Gasteiger charge is 2.08. The quantitative estimate of drug-likeness (QED) is 0.359. The average molecular weight is 356 g/mol. The van der Waals surface area contributed by atoms with Crippen LogP contribution in [0.4, 0.5) is 5.69 Å². The van der Waals surface area contributed by atoms with Gasteiger partial charge >= 0.3 is 5.97 Å². The number of rotatable bonds is 7. The molecule has 2 aromatic carbocycles. The van der Waals surface area contributed by atoms with E-state index in [1.54, 1.807) is 23.5 Å². The number of nitro benzene ring substituents is 1. The molecule has 6 nitrogen and oxygen atoms in total. The predicted molar refractivity (Wildman–Crippen MR) is 95.5 cm³/mol. The molecular weight excluding hydrogens is 340 g/mol. The topological polar surface area (TPSA) is 82.3 Å². The van der Waals surface area contributed by atoms with Crippen LogP contribution >= 0.6 is 11.3 Å². The molecule has 3 aromatic rings. The second kappa shape index (κ2) is 7.85. The maximum Gasteiger partial charge on any atom is 0.306 e. The minimum absolute atomic E-state index is 0.0194. The molecule has 3 rings (SSSR count). The number of carbonyl (C=O) groups is 1. The summed E-state index contributed by atoms with van der Waals surface area (Å²) in [4.78, 5) is 26.5. The molecule has 0 aliphatic carbocycles. The summed E-state index contributed by atoms with van der Waals surface area (Å²) in [5.41, 5.74) is 1.74. The molecule has 0 amide bonds. The number of nitro groups is 1. The summed E-state index contributed by atoms with van der Waals surface area (Å²) < 4.78 is 6.35. The van der Waals surface area contributed by atoms with Crippen LogP contribution < -0.4 is 0 Å². The zero-order chi connectivity index (χ0) is 17.6. The normalized spacial score (nSPS) is 10.7. The lowest BCUT2D eigenvalue weighted by Gasteiger charge is -2.04. The van der Waals surface area contributed by atoms with Crippen molar-refractivity contribution < 1.29 is 14.5 Å². The number of ether oxygens (including phenoxy) is 1. The molecule has 0 aliphatic rings. The third-order valence-electron chi connectivity index (χ3n) is 3.66. The Morgan fingerprint density at radius 1 is 1.16 bits per heavy atom. The molecule has 7 heteroatoms. The van der Waals surface area contributed by atoms with Crippen molar-refractivity contribution in [2.75, 3.05) is 0 Å². The van der Waals surface area contributed by atoms with E-state index in [1.807, 2.05) is 24.3 Å². The van der Waals surface area contributed by atoms with Gasteiger partial charge < -0.3 is 4.74 Å². The number of hydrogen-bond donors (Lipinski definition) is 0. The fraction of sp³-hybridized carbons (Fsp3) is 0.222. The van der Waals surface area contributed by atoms with Gasteiger partial charge in [0.05, 0.1) is 20.1 Å². The van der Waals surface area contributed by atoms with Gasteiger partial charge in [-0.25, -0.2) is 4.98 Å². The number of esters is 1. The number of para-hydroxylation sites is 1. The molecule has 0 N–H and O–H groups in total. The van der Waals surface area contributed by atoms with Crippen molar-refractivity contribution in [2.24, 2.45) is 0 Å². The zero-order valence-electron chi connectivity index (χ0n) is 13.4. The predicted octanol–water partition coefficient (Wildman–Crippen LogP) is 4.27. The first-order chi connectivity index (χ1) is 12.1. The molecule has 0 radical (unpaired) electrons. The van der Waals surface area contributed by atoms with Crippen LogP contribution in [0, 0.1) is 10.1 Å². The Labute approximate surface area is 148 Å². The number of hydrogen-bond acceptors (Lipinski definition) is 6. The zero-order valence-corrected chi connectivity index (χ0v) is 14.2. The van der Waals surface area contributed by atoms with E-state index in [-0.39, 0.29) is 18.3 Å². The Morgan fingerprint density at radius 2 is 1.92 bits per heavy atom. The van der Waals surface area contributed by atoms with Gasteiger partial charge in [-0.3, -0.25) is 14.9 Å². The minimum atomic E-state index is -0.460. The fourth-order valence-corrected chi connectivity index (χ4v) is 3.37. The maximum absolute atomic E-state index is 11.8. The second-order valence-electron chi connectivity index (χ2n) is 5.51. The summed E-state index contributed by atoms with van der Waals surface area (Å²) in [6.07, 6.45) is 1.74. The molecule has 0 saturated carbocycles. The van der Waals surface area contributed by atoms with Crippen molar-refractivity contribution >= 4 is 33.2 Å². The van der Waals surface area contributed by atoms with Gasteiger partial charge in [0.15, 0.2) is 0 Å². The van der Waals surface area contributed by atoms with E-state index >= 15 is 0 Å². The summed E-state index contributed by atoms with van der Waals surface area (Å²) in [5.74, 6) is -0.278. The lowest BCUT2D eigenvalue weighted by molar-refractivity contribution is -0.384. The van der Waals surface area contributed by atoms with E-state index in [0.717, 1.165) is 27.2 Å². The van der Waals surface area contributed by atoms with Crippen LogP contribution in [0.25, 0.3) is 10.2 Å². The van der Waals surface area contributed by atoms with Gasteiger partial charge in [0, 0.05) is 18.6 Å². The molecular formula is C18H16N2O4S. The SMILES string of the molecule is O=C(CCCc1nc2ccccc2s1)OCc1ccc([N+](=O)[O-])cc1. The Morgan fingerprint density at radius 3 is 2.64 bits per heavy atom. The van der Waals surface area contributed by atoms with Crippen LogP contribution in [0.5, 0.6) is 0 Å². The monoisotopic (exact) mass is 356 g/mol. The molecule has 0 spiro atoms. The molecule has 128 valence electrons. The van der Waals surface area contributed by atoms with Gasteiger partial charge in [0.1, 0.15) is 6.61 Å². The number of aromatic nitrogens is 1. The molecule has 0 bridgehead atoms. The average Bonchev–Trinajstić information content (AvgIpc) is 3.03. The molecule has 25 heavy (non-hydrogen) atoms. The van der Waals surface area contributed by atoms with Crippen LogP contribution in [0.15, 0.2) is 48.5 Å². The van der Waals surface area contributed by atoms with Crippen molar-refractivity contribution in [1.82, 2.24) is 4.98 Å². The van der Waals surface area contributed by atoms with Gasteiger partial charge in [-0.05, 0) is 42.7 Å². The first-order valence-corrected chi connectivity index (χ1v) is 8.67. The highest BCUT2D eigenvalue weighted by atomic mass is 32.1. The van der Waals surface area contributed by atoms with E-state index in [9.17, 15) is 14.9 Å². The van der Waals surface area contributed by atoms with E-state index in [4.69, 9.17) is 4.74 Å². The largest absolute Gasteiger partial charge is 0.461 e. The lowest BCUT2D eigenvalue weighted by atomic mass is 10.2. The van der Waals surface area contributed by atoms with Gasteiger partial charge in [-0.2, -0.15) is 0 Å². The Kier molecular flexibility index (Phi) is 5.35. The fourth-order valence-electron chi connectivity index (χ4n) is 2.36. The van der Waals surface area contributed by atoms with Crippen molar-refractivity contribution in [2.45, 2.75) is 25.9 Å². The maximum atomic E-state index is 11.8. The Balaban J connectivity index is 1.42.